The number of Topliss-reactive ketones (excluding diaryl/α,β-unsaturated/α-hetero) is 1. The van der Waals surface area contributed by atoms with Crippen LogP contribution >= 0.6 is 23.5 Å². The second-order valence-electron chi connectivity index (χ2n) is 7.08. The average molecular weight is 435 g/mol. The van der Waals surface area contributed by atoms with Gasteiger partial charge >= 0.3 is 0 Å². The second kappa shape index (κ2) is 7.04. The first-order chi connectivity index (χ1) is 14.5. The Morgan fingerprint density at radius 2 is 1.20 bits per heavy atom. The lowest BCUT2D eigenvalue weighted by molar-refractivity contribution is -0.114. The van der Waals surface area contributed by atoms with Crippen LogP contribution in [0.4, 0.5) is 11.4 Å². The number of anilines is 2. The number of hydrogen-bond acceptors (Lipinski definition) is 7. The van der Waals surface area contributed by atoms with Crippen LogP contribution in [0.15, 0.2) is 103 Å². The molecule has 0 spiro atoms. The second-order valence-corrected chi connectivity index (χ2v) is 9.20. The smallest absolute Gasteiger partial charge is 0.231 e. The molecular weight excluding hydrogens is 416 g/mol. The van der Waals surface area contributed by atoms with Gasteiger partial charge in [0.05, 0.1) is 32.6 Å². The molecular formula is C23H18N2O3S2. The number of ketones is 1. The first-order valence-electron chi connectivity index (χ1n) is 9.32. The van der Waals surface area contributed by atoms with Gasteiger partial charge in [0.25, 0.3) is 0 Å². The quantitative estimate of drug-likeness (QED) is 0.660. The van der Waals surface area contributed by atoms with Gasteiger partial charge in [-0.25, -0.2) is 0 Å². The van der Waals surface area contributed by atoms with Crippen molar-refractivity contribution in [3.05, 3.63) is 93.4 Å². The molecule has 150 valence electrons. The molecule has 0 atom stereocenters. The summed E-state index contributed by atoms with van der Waals surface area (Å²) in [7, 11) is 3.84. The standard InChI is InChI=1S/C23H18N2O3S2/c1-24-15-7-3-5-9-17(15)29-19(24)11-13-21(26)14(23(28)22(13)27)12-20-25(2)16-8-4-6-10-18(16)30-20/h3-12,26H,1-2H3,(H,27,28)/b19-11+,20-12+. The third-order valence-electron chi connectivity index (χ3n) is 5.30. The molecule has 7 heteroatoms. The Labute approximate surface area is 182 Å². The predicted molar refractivity (Wildman–Crippen MR) is 122 cm³/mol. The van der Waals surface area contributed by atoms with Gasteiger partial charge in [-0.05, 0) is 36.4 Å². The van der Waals surface area contributed by atoms with Crippen LogP contribution in [-0.2, 0) is 4.79 Å². The number of aliphatic hydroxyl groups is 2. The number of fused-ring (bicyclic) bond motifs is 2. The van der Waals surface area contributed by atoms with E-state index in [1.165, 1.54) is 23.5 Å². The Hall–Kier alpha value is -3.03. The highest BCUT2D eigenvalue weighted by molar-refractivity contribution is 8.04. The number of thioether (sulfide) groups is 2. The largest absolute Gasteiger partial charge is 0.506 e. The van der Waals surface area contributed by atoms with Gasteiger partial charge in [0.2, 0.25) is 5.78 Å². The summed E-state index contributed by atoms with van der Waals surface area (Å²) in [5.74, 6) is -1.20. The zero-order valence-electron chi connectivity index (χ0n) is 16.3. The number of hydrogen-bond donors (Lipinski definition) is 2. The first-order valence-corrected chi connectivity index (χ1v) is 10.9. The van der Waals surface area contributed by atoms with Crippen molar-refractivity contribution in [2.75, 3.05) is 23.9 Å². The minimum Gasteiger partial charge on any atom is -0.506 e. The lowest BCUT2D eigenvalue weighted by Gasteiger charge is -2.14. The van der Waals surface area contributed by atoms with Crippen molar-refractivity contribution in [2.45, 2.75) is 9.79 Å². The van der Waals surface area contributed by atoms with Crippen molar-refractivity contribution in [3.8, 4) is 0 Å². The number of nitrogens with zero attached hydrogens (tertiary/aromatic N) is 2. The van der Waals surface area contributed by atoms with E-state index in [1.54, 1.807) is 12.2 Å². The predicted octanol–water partition coefficient (Wildman–Crippen LogP) is 5.36. The minimum absolute atomic E-state index is 0.102. The molecule has 5 rings (SSSR count). The van der Waals surface area contributed by atoms with Crippen LogP contribution in [0, 0.1) is 0 Å². The van der Waals surface area contributed by atoms with Gasteiger partial charge in [0.15, 0.2) is 5.76 Å². The molecule has 5 nitrogen and oxygen atoms in total. The molecule has 2 aromatic rings. The first kappa shape index (κ1) is 19.0. The summed E-state index contributed by atoms with van der Waals surface area (Å²) in [6, 6.07) is 15.9. The van der Waals surface area contributed by atoms with Crippen LogP contribution in [0.1, 0.15) is 0 Å². The number of rotatable bonds is 2. The highest BCUT2D eigenvalue weighted by Gasteiger charge is 2.33. The van der Waals surface area contributed by atoms with E-state index >= 15 is 0 Å². The number of allylic oxidation sites excluding steroid dienone is 3. The third kappa shape index (κ3) is 2.85. The number of para-hydroxylation sites is 2. The van der Waals surface area contributed by atoms with Gasteiger partial charge in [-0.1, -0.05) is 47.8 Å². The summed E-state index contributed by atoms with van der Waals surface area (Å²) >= 11 is 3.06. The van der Waals surface area contributed by atoms with E-state index < -0.39 is 11.5 Å². The highest BCUT2D eigenvalue weighted by atomic mass is 32.2. The molecule has 3 aliphatic rings. The van der Waals surface area contributed by atoms with Crippen molar-refractivity contribution in [3.63, 3.8) is 0 Å². The maximum absolute atomic E-state index is 12.7. The summed E-state index contributed by atoms with van der Waals surface area (Å²) in [6.07, 6.45) is 3.31. The Morgan fingerprint density at radius 1 is 0.733 bits per heavy atom. The normalized spacial score (nSPS) is 20.8. The number of benzene rings is 2. The van der Waals surface area contributed by atoms with Gasteiger partial charge in [0.1, 0.15) is 5.76 Å². The Bertz CT molecular complexity index is 1230. The zero-order valence-corrected chi connectivity index (χ0v) is 17.9. The molecule has 0 saturated heterocycles. The fourth-order valence-corrected chi connectivity index (χ4v) is 5.81. The van der Waals surface area contributed by atoms with Crippen LogP contribution in [0.25, 0.3) is 0 Å². The van der Waals surface area contributed by atoms with Crippen molar-refractivity contribution in [1.29, 1.82) is 0 Å². The molecule has 2 N–H and O–H groups in total. The van der Waals surface area contributed by atoms with Crippen LogP contribution in [0.5, 0.6) is 0 Å². The zero-order chi connectivity index (χ0) is 21.0. The van der Waals surface area contributed by atoms with E-state index in [0.29, 0.717) is 0 Å². The van der Waals surface area contributed by atoms with Gasteiger partial charge in [-0.2, -0.15) is 0 Å². The summed E-state index contributed by atoms with van der Waals surface area (Å²) < 4.78 is 0. The molecule has 2 aliphatic heterocycles. The maximum Gasteiger partial charge on any atom is 0.231 e. The summed E-state index contributed by atoms with van der Waals surface area (Å²) in [6.45, 7) is 0. The van der Waals surface area contributed by atoms with Crippen LogP contribution in [0.3, 0.4) is 0 Å². The maximum atomic E-state index is 12.7. The fourth-order valence-electron chi connectivity index (χ4n) is 3.63. The van der Waals surface area contributed by atoms with E-state index in [9.17, 15) is 15.0 Å². The molecule has 2 heterocycles. The summed E-state index contributed by atoms with van der Waals surface area (Å²) in [5.41, 5.74) is 2.34. The topological polar surface area (TPSA) is 64.0 Å². The Balaban J connectivity index is 1.49. The average Bonchev–Trinajstić information content (AvgIpc) is 3.31. The molecule has 0 radical (unpaired) electrons. The van der Waals surface area contributed by atoms with Crippen LogP contribution in [0.2, 0.25) is 0 Å². The molecule has 0 aromatic heterocycles. The highest BCUT2D eigenvalue weighted by Crippen LogP contribution is 2.47. The number of aliphatic hydroxyl groups excluding tert-OH is 2. The van der Waals surface area contributed by atoms with E-state index in [2.05, 4.69) is 0 Å². The molecule has 0 unspecified atom stereocenters. The monoisotopic (exact) mass is 434 g/mol. The van der Waals surface area contributed by atoms with Gasteiger partial charge in [-0.3, -0.25) is 4.79 Å². The molecule has 0 saturated carbocycles. The van der Waals surface area contributed by atoms with E-state index in [1.807, 2.05) is 72.4 Å². The molecule has 0 fully saturated rings. The van der Waals surface area contributed by atoms with Crippen LogP contribution < -0.4 is 9.80 Å². The van der Waals surface area contributed by atoms with Crippen LogP contribution in [-0.4, -0.2) is 30.1 Å². The molecule has 30 heavy (non-hydrogen) atoms. The Morgan fingerprint density at radius 3 is 1.70 bits per heavy atom. The van der Waals surface area contributed by atoms with Crippen molar-refractivity contribution >= 4 is 40.7 Å². The van der Waals surface area contributed by atoms with Crippen molar-refractivity contribution in [2.24, 2.45) is 0 Å². The van der Waals surface area contributed by atoms with Crippen molar-refractivity contribution in [1.82, 2.24) is 0 Å². The molecule has 0 bridgehead atoms. The van der Waals surface area contributed by atoms with Gasteiger partial charge in [-0.15, -0.1) is 0 Å². The molecule has 0 amide bonds. The van der Waals surface area contributed by atoms with Gasteiger partial charge in [0, 0.05) is 23.9 Å². The Kier molecular flexibility index (Phi) is 4.45. The third-order valence-corrected chi connectivity index (χ3v) is 7.64. The van der Waals surface area contributed by atoms with E-state index in [-0.39, 0.29) is 16.9 Å². The SMILES string of the molecule is CN1/C(=C\C2=C(O)C(/C=C3/Sc4ccccc4N3C)=C(O)C2=O)Sc2ccccc21. The van der Waals surface area contributed by atoms with Gasteiger partial charge < -0.3 is 20.0 Å². The lowest BCUT2D eigenvalue weighted by atomic mass is 10.2. The minimum atomic E-state index is -0.569. The van der Waals surface area contributed by atoms with Crippen molar-refractivity contribution < 1.29 is 15.0 Å². The summed E-state index contributed by atoms with van der Waals surface area (Å²) in [4.78, 5) is 18.8. The number of carbonyl (C=O) groups excluding carboxylic acids is 1. The molecule has 1 aliphatic carbocycles. The van der Waals surface area contributed by atoms with E-state index in [0.717, 1.165) is 31.2 Å². The van der Waals surface area contributed by atoms with E-state index in [4.69, 9.17) is 0 Å². The number of carbonyl (C=O) groups is 1. The molecule has 2 aromatic carbocycles. The lowest BCUT2D eigenvalue weighted by Crippen LogP contribution is -2.11. The fraction of sp³-hybridized carbons (Fsp3) is 0.0870. The summed E-state index contributed by atoms with van der Waals surface area (Å²) in [5, 5.41) is 22.9.